The van der Waals surface area contributed by atoms with Crippen molar-refractivity contribution in [3.63, 3.8) is 0 Å². The third-order valence-electron chi connectivity index (χ3n) is 10.5. The highest BCUT2D eigenvalue weighted by molar-refractivity contribution is 5.91. The first-order valence-corrected chi connectivity index (χ1v) is 17.3. The van der Waals surface area contributed by atoms with Gasteiger partial charge in [-0.3, -0.25) is 14.5 Å². The molecule has 2 saturated heterocycles. The van der Waals surface area contributed by atoms with Gasteiger partial charge in [0.1, 0.15) is 18.4 Å². The zero-order valence-electron chi connectivity index (χ0n) is 29.0. The molecule has 0 radical (unpaired) electrons. The van der Waals surface area contributed by atoms with Gasteiger partial charge in [-0.15, -0.1) is 5.10 Å². The van der Waals surface area contributed by atoms with Crippen LogP contribution in [0.25, 0.3) is 11.4 Å². The number of benzene rings is 2. The molecule has 2 bridgehead atoms. The van der Waals surface area contributed by atoms with Gasteiger partial charge in [-0.1, -0.05) is 43.3 Å². The maximum atomic E-state index is 15.9. The van der Waals surface area contributed by atoms with E-state index in [0.717, 1.165) is 23.3 Å². The van der Waals surface area contributed by atoms with Crippen molar-refractivity contribution in [3.05, 3.63) is 93.2 Å². The fraction of sp³-hybridized carbons (Fsp3) is 0.459. The highest BCUT2D eigenvalue weighted by atomic mass is 19.4. The molecule has 2 aromatic carbocycles. The molecular formula is C37H41F4N7O3. The van der Waals surface area contributed by atoms with Gasteiger partial charge in [-0.2, -0.15) is 22.7 Å². The third-order valence-corrected chi connectivity index (χ3v) is 10.5. The molecule has 0 aliphatic carbocycles. The van der Waals surface area contributed by atoms with Gasteiger partial charge in [-0.05, 0) is 74.9 Å². The van der Waals surface area contributed by atoms with Crippen LogP contribution >= 0.6 is 0 Å². The topological polar surface area (TPSA) is 97.0 Å². The van der Waals surface area contributed by atoms with Crippen LogP contribution in [0.15, 0.2) is 59.4 Å². The minimum atomic E-state index is -4.52. The van der Waals surface area contributed by atoms with E-state index in [-0.39, 0.29) is 36.2 Å². The summed E-state index contributed by atoms with van der Waals surface area (Å²) >= 11 is 0. The molecule has 14 heteroatoms. The summed E-state index contributed by atoms with van der Waals surface area (Å²) in [6.45, 7) is 8.79. The van der Waals surface area contributed by atoms with E-state index in [1.807, 2.05) is 48.2 Å². The second kappa shape index (κ2) is 13.2. The number of hydrogen-bond donors (Lipinski definition) is 1. The summed E-state index contributed by atoms with van der Waals surface area (Å²) in [6.07, 6.45) is -2.54. The van der Waals surface area contributed by atoms with E-state index in [1.54, 1.807) is 4.57 Å². The molecule has 4 aromatic rings. The second-order valence-electron chi connectivity index (χ2n) is 14.0. The van der Waals surface area contributed by atoms with Crippen molar-refractivity contribution in [2.75, 3.05) is 36.5 Å². The average molecular weight is 708 g/mol. The summed E-state index contributed by atoms with van der Waals surface area (Å²) in [5.41, 5.74) is 1.57. The van der Waals surface area contributed by atoms with Gasteiger partial charge in [0.05, 0.1) is 30.5 Å². The number of aryl methyl sites for hydroxylation is 1. The summed E-state index contributed by atoms with van der Waals surface area (Å²) in [4.78, 5) is 37.1. The number of amides is 1. The minimum absolute atomic E-state index is 0.164. The highest BCUT2D eigenvalue weighted by Gasteiger charge is 2.53. The molecule has 51 heavy (non-hydrogen) atoms. The Bertz CT molecular complexity index is 2060. The Morgan fingerprint density at radius 1 is 1.08 bits per heavy atom. The van der Waals surface area contributed by atoms with E-state index >= 15 is 4.39 Å². The standard InChI is InChI=1S/C37H41F4N7O3/c1-5-29-32(45-19-26-18-27(38)30(20-45)47(26)36(3,4)24-9-7-6-8-10-24)34(50)48-35(43-33(44-48)23-13-15-51-16-14-23)46(29)21-31(49)42-28-12-11-25(17-22(28)2)37(39,40)41/h6-13,17,26-27,30H,5,14-16,18-21H2,1-4H3,(H,42,49). The highest BCUT2D eigenvalue weighted by Crippen LogP contribution is 2.43. The van der Waals surface area contributed by atoms with Crippen LogP contribution in [0.5, 0.6) is 0 Å². The summed E-state index contributed by atoms with van der Waals surface area (Å²) in [7, 11) is 0. The van der Waals surface area contributed by atoms with Crippen molar-refractivity contribution in [2.45, 2.75) is 83.5 Å². The number of anilines is 2. The first-order valence-electron chi connectivity index (χ1n) is 17.3. The van der Waals surface area contributed by atoms with Crippen molar-refractivity contribution in [3.8, 4) is 0 Å². The smallest absolute Gasteiger partial charge is 0.377 e. The molecule has 10 nitrogen and oxygen atoms in total. The quantitative estimate of drug-likeness (QED) is 0.233. The van der Waals surface area contributed by atoms with Gasteiger partial charge >= 0.3 is 6.18 Å². The number of fused-ring (bicyclic) bond motifs is 3. The largest absolute Gasteiger partial charge is 0.416 e. The second-order valence-corrected chi connectivity index (χ2v) is 14.0. The van der Waals surface area contributed by atoms with Crippen LogP contribution in [0.1, 0.15) is 61.8 Å². The molecule has 1 amide bonds. The number of piperazine rings is 1. The van der Waals surface area contributed by atoms with Crippen molar-refractivity contribution < 1.29 is 27.1 Å². The van der Waals surface area contributed by atoms with E-state index < -0.39 is 41.0 Å². The molecule has 7 rings (SSSR count). The number of hydrogen-bond acceptors (Lipinski definition) is 7. The first-order chi connectivity index (χ1) is 24.3. The third kappa shape index (κ3) is 6.32. The van der Waals surface area contributed by atoms with Crippen LogP contribution in [-0.4, -0.2) is 74.5 Å². The number of nitrogens with one attached hydrogen (secondary N) is 1. The van der Waals surface area contributed by atoms with Crippen LogP contribution < -0.4 is 15.8 Å². The van der Waals surface area contributed by atoms with Crippen LogP contribution in [-0.2, 0) is 34.2 Å². The predicted octanol–water partition coefficient (Wildman–Crippen LogP) is 5.76. The number of ether oxygens (including phenoxy) is 1. The normalized spacial score (nSPS) is 21.3. The minimum Gasteiger partial charge on any atom is -0.377 e. The number of alkyl halides is 4. The van der Waals surface area contributed by atoms with Crippen molar-refractivity contribution in [1.82, 2.24) is 24.1 Å². The molecule has 3 unspecified atom stereocenters. The number of halogens is 4. The van der Waals surface area contributed by atoms with Crippen LogP contribution in [0.4, 0.5) is 28.9 Å². The van der Waals surface area contributed by atoms with Gasteiger partial charge in [0.2, 0.25) is 11.7 Å². The summed E-state index contributed by atoms with van der Waals surface area (Å²) in [6, 6.07) is 12.5. The molecule has 1 N–H and O–H groups in total. The molecule has 2 fully saturated rings. The maximum Gasteiger partial charge on any atom is 0.416 e. The van der Waals surface area contributed by atoms with E-state index in [4.69, 9.17) is 9.72 Å². The number of carbonyl (C=O) groups is 1. The molecule has 0 saturated carbocycles. The van der Waals surface area contributed by atoms with E-state index in [9.17, 15) is 22.8 Å². The maximum absolute atomic E-state index is 15.9. The summed E-state index contributed by atoms with van der Waals surface area (Å²) < 4.78 is 64.1. The fourth-order valence-electron chi connectivity index (χ4n) is 8.05. The van der Waals surface area contributed by atoms with Crippen molar-refractivity contribution in [2.24, 2.45) is 0 Å². The molecule has 2 aromatic heterocycles. The van der Waals surface area contributed by atoms with E-state index in [2.05, 4.69) is 29.2 Å². The Balaban J connectivity index is 1.28. The first kappa shape index (κ1) is 34.9. The Kier molecular flexibility index (Phi) is 9.03. The number of nitrogens with zero attached hydrogens (tertiary/aromatic N) is 6. The number of aromatic nitrogens is 4. The van der Waals surface area contributed by atoms with Gasteiger partial charge in [0.25, 0.3) is 5.56 Å². The fourth-order valence-corrected chi connectivity index (χ4v) is 8.05. The van der Waals surface area contributed by atoms with Gasteiger partial charge in [-0.25, -0.2) is 4.39 Å². The molecule has 3 aliphatic rings. The Morgan fingerprint density at radius 2 is 1.84 bits per heavy atom. The molecule has 270 valence electrons. The Morgan fingerprint density at radius 3 is 2.49 bits per heavy atom. The molecule has 3 atom stereocenters. The molecule has 0 spiro atoms. The van der Waals surface area contributed by atoms with Gasteiger partial charge in [0.15, 0.2) is 5.82 Å². The summed E-state index contributed by atoms with van der Waals surface area (Å²) in [5.74, 6) is -0.00431. The van der Waals surface area contributed by atoms with Gasteiger partial charge < -0.3 is 19.5 Å². The molecular weight excluding hydrogens is 666 g/mol. The van der Waals surface area contributed by atoms with Crippen molar-refractivity contribution in [1.29, 1.82) is 0 Å². The number of carbonyl (C=O) groups excluding carboxylic acids is 1. The van der Waals surface area contributed by atoms with Gasteiger partial charge in [0, 0.05) is 30.4 Å². The van der Waals surface area contributed by atoms with E-state index in [1.165, 1.54) is 17.5 Å². The van der Waals surface area contributed by atoms with E-state index in [0.29, 0.717) is 56.2 Å². The molecule has 3 aliphatic heterocycles. The predicted molar refractivity (Wildman–Crippen MR) is 185 cm³/mol. The lowest BCUT2D eigenvalue weighted by atomic mass is 9.89. The lowest BCUT2D eigenvalue weighted by Gasteiger charge is -2.50. The Labute approximate surface area is 292 Å². The average Bonchev–Trinajstić information content (AvgIpc) is 3.64. The monoisotopic (exact) mass is 707 g/mol. The summed E-state index contributed by atoms with van der Waals surface area (Å²) in [5, 5.41) is 7.37. The lowest BCUT2D eigenvalue weighted by Crippen LogP contribution is -2.61. The zero-order chi connectivity index (χ0) is 36.2. The van der Waals surface area contributed by atoms with Crippen LogP contribution in [0, 0.1) is 6.92 Å². The van der Waals surface area contributed by atoms with Crippen molar-refractivity contribution >= 4 is 28.6 Å². The lowest BCUT2D eigenvalue weighted by molar-refractivity contribution is -0.137. The Hall–Kier alpha value is -4.56. The molecule has 5 heterocycles. The number of rotatable bonds is 8. The van der Waals surface area contributed by atoms with Crippen LogP contribution in [0.2, 0.25) is 0 Å². The van der Waals surface area contributed by atoms with Crippen LogP contribution in [0.3, 0.4) is 0 Å². The SMILES string of the molecule is CCc1c(N2CC3CC(F)C(C2)N3C(C)(C)c2ccccc2)c(=O)n2nc(C3=CCOCC3)nc2n1CC(=O)Nc1ccc(C(F)(F)F)cc1C. The zero-order valence-corrected chi connectivity index (χ0v) is 29.0.